The van der Waals surface area contributed by atoms with Gasteiger partial charge in [-0.15, -0.1) is 0 Å². The number of nitrogens with two attached hydrogens (primary N) is 1. The predicted octanol–water partition coefficient (Wildman–Crippen LogP) is 1.08. The maximum absolute atomic E-state index is 10.6. The molecule has 0 amide bonds. The molecule has 0 spiro atoms. The van der Waals surface area contributed by atoms with Gasteiger partial charge in [0.05, 0.1) is 0 Å². The van der Waals surface area contributed by atoms with Crippen molar-refractivity contribution in [1.82, 2.24) is 0 Å². The summed E-state index contributed by atoms with van der Waals surface area (Å²) < 4.78 is 0. The maximum atomic E-state index is 10.6. The van der Waals surface area contributed by atoms with Gasteiger partial charge in [0.1, 0.15) is 0 Å². The van der Waals surface area contributed by atoms with Gasteiger partial charge in [0.25, 0.3) is 0 Å². The molecule has 0 saturated carbocycles. The topological polar surface area (TPSA) is 55.1 Å². The van der Waals surface area contributed by atoms with Crippen molar-refractivity contribution in [3.05, 3.63) is 24.3 Å². The normalized spacial score (nSPS) is 9.00. The Bertz CT molecular complexity index is 200. The van der Waals surface area contributed by atoms with Gasteiger partial charge in [-0.2, -0.15) is 5.90 Å². The largest absolute Gasteiger partial charge is 0.407 e. The molecule has 0 heterocycles. The maximum Gasteiger partial charge on any atom is 0.222 e. The summed E-state index contributed by atoms with van der Waals surface area (Å²) in [6.45, 7) is 0. The van der Waals surface area contributed by atoms with Crippen molar-refractivity contribution in [2.75, 3.05) is 0 Å². The van der Waals surface area contributed by atoms with Gasteiger partial charge in [-0.1, -0.05) is 12.1 Å². The lowest BCUT2D eigenvalue weighted by Crippen LogP contribution is -2.01. The third-order valence-electron chi connectivity index (χ3n) is 0.976. The van der Waals surface area contributed by atoms with Gasteiger partial charge in [-0.05, 0) is 12.1 Å². The van der Waals surface area contributed by atoms with Crippen LogP contribution < -0.4 is 10.7 Å². The van der Waals surface area contributed by atoms with Crippen LogP contribution in [0, 0.1) is 0 Å². The van der Waals surface area contributed by atoms with Gasteiger partial charge in [0.15, 0.2) is 5.75 Å². The van der Waals surface area contributed by atoms with Crippen LogP contribution in [0.25, 0.3) is 0 Å². The Morgan fingerprint density at radius 1 is 1.33 bits per heavy atom. The lowest BCUT2D eigenvalue weighted by molar-refractivity contribution is 0.284. The number of para-hydroxylation sites is 2. The molecule has 1 aromatic carbocycles. The monoisotopic (exact) mass is 124 g/mol. The Hall–Kier alpha value is -1.22. The molecule has 0 atom stereocenters. The highest BCUT2D eigenvalue weighted by molar-refractivity contribution is 5.37. The number of rotatable bonds is 1. The van der Waals surface area contributed by atoms with Gasteiger partial charge < -0.3 is 4.84 Å². The van der Waals surface area contributed by atoms with Crippen LogP contribution in [-0.4, -0.2) is 0 Å². The highest BCUT2D eigenvalue weighted by atomic mass is 16.6. The third-order valence-corrected chi connectivity index (χ3v) is 0.976. The first-order valence-corrected chi connectivity index (χ1v) is 2.47. The molecule has 9 heavy (non-hydrogen) atoms. The van der Waals surface area contributed by atoms with Crippen LogP contribution in [0.1, 0.15) is 0 Å². The zero-order chi connectivity index (χ0) is 6.69. The van der Waals surface area contributed by atoms with Crippen molar-refractivity contribution in [3.63, 3.8) is 0 Å². The van der Waals surface area contributed by atoms with Crippen molar-refractivity contribution in [2.24, 2.45) is 5.90 Å². The Kier molecular flexibility index (Phi) is 1.55. The van der Waals surface area contributed by atoms with Gasteiger partial charge >= 0.3 is 0 Å². The standard InChI is InChI=1S/C6H6NO2/c7-9-6-4-2-1-3-5(6)8/h1-4H,7H2. The first-order valence-electron chi connectivity index (χ1n) is 2.47. The summed E-state index contributed by atoms with van der Waals surface area (Å²) in [6.07, 6.45) is 0. The van der Waals surface area contributed by atoms with E-state index in [4.69, 9.17) is 5.90 Å². The van der Waals surface area contributed by atoms with E-state index in [1.165, 1.54) is 12.1 Å². The minimum absolute atomic E-state index is 0.178. The van der Waals surface area contributed by atoms with Crippen molar-refractivity contribution >= 4 is 0 Å². The summed E-state index contributed by atoms with van der Waals surface area (Å²) in [5.74, 6) is 4.73. The van der Waals surface area contributed by atoms with Gasteiger partial charge in [-0.3, -0.25) is 5.11 Å². The highest BCUT2D eigenvalue weighted by Crippen LogP contribution is 2.23. The lowest BCUT2D eigenvalue weighted by Gasteiger charge is -1.95. The first kappa shape index (κ1) is 5.91. The quantitative estimate of drug-likeness (QED) is 0.569. The van der Waals surface area contributed by atoms with Crippen LogP contribution in [0.15, 0.2) is 24.3 Å². The van der Waals surface area contributed by atoms with Gasteiger partial charge in [-0.25, -0.2) is 0 Å². The Balaban J connectivity index is 3.01. The smallest absolute Gasteiger partial charge is 0.222 e. The van der Waals surface area contributed by atoms with E-state index < -0.39 is 0 Å². The number of hydrogen-bond donors (Lipinski definition) is 1. The van der Waals surface area contributed by atoms with Crippen LogP contribution in [0.4, 0.5) is 0 Å². The fourth-order valence-electron chi connectivity index (χ4n) is 0.548. The highest BCUT2D eigenvalue weighted by Gasteiger charge is 1.98. The average Bonchev–Trinajstić information content (AvgIpc) is 1.89. The summed E-state index contributed by atoms with van der Waals surface area (Å²) in [5.41, 5.74) is 0. The van der Waals surface area contributed by atoms with E-state index in [0.29, 0.717) is 0 Å². The van der Waals surface area contributed by atoms with E-state index >= 15 is 0 Å². The number of benzene rings is 1. The fraction of sp³-hybridized carbons (Fsp3) is 0. The summed E-state index contributed by atoms with van der Waals surface area (Å²) in [6, 6.07) is 6.22. The molecular formula is C6H6NO2. The van der Waals surface area contributed by atoms with E-state index in [2.05, 4.69) is 4.84 Å². The summed E-state index contributed by atoms with van der Waals surface area (Å²) in [7, 11) is 0. The SMILES string of the molecule is NOc1ccccc1[O]. The van der Waals surface area contributed by atoms with Crippen LogP contribution in [0.2, 0.25) is 0 Å². The summed E-state index contributed by atoms with van der Waals surface area (Å²) in [5, 5.41) is 10.6. The molecule has 0 aliphatic heterocycles. The van der Waals surface area contributed by atoms with E-state index in [9.17, 15) is 5.11 Å². The second kappa shape index (κ2) is 2.37. The molecule has 3 nitrogen and oxygen atoms in total. The molecule has 0 bridgehead atoms. The zero-order valence-corrected chi connectivity index (χ0v) is 4.70. The predicted molar refractivity (Wildman–Crippen MR) is 31.4 cm³/mol. The molecule has 0 aromatic heterocycles. The van der Waals surface area contributed by atoms with E-state index in [1.54, 1.807) is 12.1 Å². The Labute approximate surface area is 52.6 Å². The Morgan fingerprint density at radius 2 is 2.00 bits per heavy atom. The van der Waals surface area contributed by atoms with Crippen LogP contribution >= 0.6 is 0 Å². The second-order valence-corrected chi connectivity index (χ2v) is 1.56. The summed E-state index contributed by atoms with van der Waals surface area (Å²) >= 11 is 0. The van der Waals surface area contributed by atoms with E-state index in [1.807, 2.05) is 0 Å². The zero-order valence-electron chi connectivity index (χ0n) is 4.70. The van der Waals surface area contributed by atoms with Crippen LogP contribution in [-0.2, 0) is 5.11 Å². The van der Waals surface area contributed by atoms with Crippen LogP contribution in [0.3, 0.4) is 0 Å². The molecule has 3 heteroatoms. The first-order chi connectivity index (χ1) is 4.34. The second-order valence-electron chi connectivity index (χ2n) is 1.56. The molecule has 0 unspecified atom stereocenters. The lowest BCUT2D eigenvalue weighted by atomic mass is 10.3. The van der Waals surface area contributed by atoms with Crippen molar-refractivity contribution in [3.8, 4) is 11.5 Å². The molecule has 2 N–H and O–H groups in total. The van der Waals surface area contributed by atoms with Gasteiger partial charge in [0, 0.05) is 0 Å². The van der Waals surface area contributed by atoms with Crippen LogP contribution in [0.5, 0.6) is 11.5 Å². The van der Waals surface area contributed by atoms with Crippen molar-refractivity contribution in [1.29, 1.82) is 0 Å². The summed E-state index contributed by atoms with van der Waals surface area (Å²) in [4.78, 5) is 4.23. The fourth-order valence-corrected chi connectivity index (χ4v) is 0.548. The van der Waals surface area contributed by atoms with Crippen molar-refractivity contribution < 1.29 is 9.94 Å². The molecule has 1 aromatic rings. The minimum Gasteiger partial charge on any atom is -0.407 e. The van der Waals surface area contributed by atoms with Crippen molar-refractivity contribution in [2.45, 2.75) is 0 Å². The molecule has 1 radical (unpaired) electrons. The van der Waals surface area contributed by atoms with E-state index in [0.717, 1.165) is 0 Å². The molecule has 0 aliphatic rings. The molecule has 47 valence electrons. The molecular weight excluding hydrogens is 118 g/mol. The minimum atomic E-state index is -0.194. The molecule has 0 saturated heterocycles. The van der Waals surface area contributed by atoms with E-state index in [-0.39, 0.29) is 11.5 Å². The number of hydrogen-bond acceptors (Lipinski definition) is 2. The third kappa shape index (κ3) is 1.12. The average molecular weight is 124 g/mol. The van der Waals surface area contributed by atoms with Gasteiger partial charge in [0.2, 0.25) is 5.75 Å². The molecule has 0 aliphatic carbocycles. The molecule has 0 fully saturated rings. The Morgan fingerprint density at radius 3 is 2.44 bits per heavy atom. The molecule has 1 rings (SSSR count).